The van der Waals surface area contributed by atoms with E-state index in [9.17, 15) is 26.2 Å². The van der Waals surface area contributed by atoms with E-state index in [0.29, 0.717) is 23.6 Å². The number of benzene rings is 4. The monoisotopic (exact) mass is 866 g/mol. The van der Waals surface area contributed by atoms with Crippen LogP contribution in [0.5, 0.6) is 0 Å². The molecular weight excluding hydrogens is 803 g/mol. The van der Waals surface area contributed by atoms with Gasteiger partial charge < -0.3 is 4.90 Å². The predicted octanol–water partition coefficient (Wildman–Crippen LogP) is 10.9. The summed E-state index contributed by atoms with van der Waals surface area (Å²) in [5.41, 5.74) is 6.40. The lowest BCUT2D eigenvalue weighted by atomic mass is 9.79. The van der Waals surface area contributed by atoms with E-state index in [2.05, 4.69) is 87.5 Å². The number of unbranched alkanes of at least 4 members (excludes halogenated alkanes) is 2. The van der Waals surface area contributed by atoms with Crippen LogP contribution in [0.3, 0.4) is 0 Å². The highest BCUT2D eigenvalue weighted by Gasteiger charge is 2.46. The Morgan fingerprint density at radius 2 is 1.51 bits per heavy atom. The molecule has 11 heteroatoms. The van der Waals surface area contributed by atoms with Gasteiger partial charge in [-0.25, -0.2) is 12.7 Å². The van der Waals surface area contributed by atoms with Crippen LogP contribution in [0.1, 0.15) is 111 Å². The summed E-state index contributed by atoms with van der Waals surface area (Å²) in [4.78, 5) is 14.8. The number of fused-ring (bicyclic) bond motifs is 6. The molecule has 0 aromatic heterocycles. The van der Waals surface area contributed by atoms with Crippen molar-refractivity contribution in [1.82, 2.24) is 4.31 Å². The molecule has 1 N–H and O–H groups in total. The van der Waals surface area contributed by atoms with E-state index in [0.717, 1.165) is 89.0 Å². The van der Waals surface area contributed by atoms with Gasteiger partial charge in [0, 0.05) is 84.2 Å². The van der Waals surface area contributed by atoms with Gasteiger partial charge in [0.05, 0.1) is 10.3 Å². The molecule has 0 aliphatic carbocycles. The molecule has 9 nitrogen and oxygen atoms in total. The lowest BCUT2D eigenvalue weighted by molar-refractivity contribution is -0.438. The first kappa shape index (κ1) is 46.1. The van der Waals surface area contributed by atoms with Gasteiger partial charge in [0.2, 0.25) is 15.7 Å². The summed E-state index contributed by atoms with van der Waals surface area (Å²) in [7, 11) is -6.66. The minimum atomic E-state index is -4.43. The zero-order valence-electron chi connectivity index (χ0n) is 37.7. The number of rotatable bonds is 17. The van der Waals surface area contributed by atoms with Gasteiger partial charge in [0.25, 0.3) is 10.1 Å². The normalized spacial score (nSPS) is 17.1. The molecule has 0 saturated heterocycles. The van der Waals surface area contributed by atoms with Gasteiger partial charge in [0.15, 0.2) is 5.71 Å². The third kappa shape index (κ3) is 8.68. The zero-order chi connectivity index (χ0) is 44.7. The highest BCUT2D eigenvalue weighted by molar-refractivity contribution is 7.89. The molecule has 0 radical (unpaired) electrons. The van der Waals surface area contributed by atoms with Crippen molar-refractivity contribution >= 4 is 64.6 Å². The number of ketones is 1. The SMILES string of the molecule is CCCCN1/C(=C/C=C/C=C/C2=[N+](CCCC)c3ccc4c(S(=O)(=O)N(C)CCCC(=O)C(C)C)cccc4c3C2(C)C)C(C)(C)c2c1ccc1c(S(=O)(=O)O)cc(C)cc21. The molecule has 0 fully saturated rings. The maximum atomic E-state index is 14.1. The Labute approximate surface area is 364 Å². The van der Waals surface area contributed by atoms with Gasteiger partial charge >= 0.3 is 0 Å². The number of hydrogen-bond acceptors (Lipinski definition) is 6. The van der Waals surface area contributed by atoms with Crippen LogP contribution in [0.25, 0.3) is 21.5 Å². The van der Waals surface area contributed by atoms with Crippen LogP contribution < -0.4 is 4.90 Å². The fourth-order valence-electron chi connectivity index (χ4n) is 9.36. The quantitative estimate of drug-likeness (QED) is 0.0638. The summed E-state index contributed by atoms with van der Waals surface area (Å²) < 4.78 is 67.0. The Bertz CT molecular complexity index is 2720. The average Bonchev–Trinajstić information content (AvgIpc) is 3.55. The molecule has 2 aliphatic heterocycles. The van der Waals surface area contributed by atoms with Crippen molar-refractivity contribution in [3.05, 3.63) is 107 Å². The van der Waals surface area contributed by atoms with Crippen LogP contribution in [0, 0.1) is 12.8 Å². The maximum Gasteiger partial charge on any atom is 0.295 e. The first-order chi connectivity index (χ1) is 28.7. The van der Waals surface area contributed by atoms with Crippen molar-refractivity contribution in [3.8, 4) is 0 Å². The Hall–Kier alpha value is -4.42. The van der Waals surface area contributed by atoms with E-state index < -0.39 is 31.0 Å². The van der Waals surface area contributed by atoms with Gasteiger partial charge in [-0.15, -0.1) is 0 Å². The molecule has 0 spiro atoms. The van der Waals surface area contributed by atoms with Gasteiger partial charge in [-0.3, -0.25) is 9.35 Å². The van der Waals surface area contributed by atoms with Crippen molar-refractivity contribution in [3.63, 3.8) is 0 Å². The average molecular weight is 867 g/mol. The molecule has 0 atom stereocenters. The van der Waals surface area contributed by atoms with Gasteiger partial charge in [0.1, 0.15) is 17.2 Å². The third-order valence-corrected chi connectivity index (χ3v) is 15.4. The van der Waals surface area contributed by atoms with E-state index in [1.54, 1.807) is 13.1 Å². The molecule has 0 saturated carbocycles. The lowest BCUT2D eigenvalue weighted by Gasteiger charge is -2.27. The number of hydrogen-bond donors (Lipinski definition) is 1. The van der Waals surface area contributed by atoms with Gasteiger partial charge in [-0.05, 0) is 85.9 Å². The van der Waals surface area contributed by atoms with E-state index in [1.807, 2.05) is 57.2 Å². The first-order valence-corrected chi connectivity index (χ1v) is 24.7. The fourth-order valence-corrected chi connectivity index (χ4v) is 11.6. The lowest BCUT2D eigenvalue weighted by Crippen LogP contribution is -2.29. The largest absolute Gasteiger partial charge is 0.344 e. The zero-order valence-corrected chi connectivity index (χ0v) is 39.3. The highest BCUT2D eigenvalue weighted by atomic mass is 32.2. The topological polar surface area (TPSA) is 115 Å². The predicted molar refractivity (Wildman–Crippen MR) is 251 cm³/mol. The molecule has 0 unspecified atom stereocenters. The summed E-state index contributed by atoms with van der Waals surface area (Å²) in [6.45, 7) is 20.6. The molecule has 2 aliphatic rings. The van der Waals surface area contributed by atoms with Gasteiger partial charge in [-0.1, -0.05) is 96.9 Å². The number of carbonyl (C=O) groups excluding carboxylic acids is 1. The molecule has 4 aromatic rings. The van der Waals surface area contributed by atoms with Crippen LogP contribution in [0.15, 0.2) is 100 Å². The standard InChI is InChI=1S/C50H63N3O6S2/c1-11-13-30-52-40-27-25-36-38(20-18-22-43(36)60(55,56)51(10)29-19-21-42(54)34(3)4)47(40)49(6,7)45(52)23-16-15-17-24-46-50(8,9)48-39-32-35(5)33-44(61(57,58)59)37(39)26-28-41(48)53(46)31-14-12-2/h15-18,20,22-28,32-34H,11-14,19,21,29-31H2,1-10H3/p+1. The number of carbonyl (C=O) groups is 1. The number of allylic oxidation sites excluding steroid dienone is 6. The number of anilines is 1. The summed E-state index contributed by atoms with van der Waals surface area (Å²) in [5, 5.41) is 2.95. The molecule has 0 bridgehead atoms. The smallest absolute Gasteiger partial charge is 0.295 e. The van der Waals surface area contributed by atoms with Crippen molar-refractivity contribution in [1.29, 1.82) is 0 Å². The minimum absolute atomic E-state index is 0.0697. The number of Topliss-reactive ketones (excluding diaryl/α,β-unsaturated/α-hetero) is 1. The van der Waals surface area contributed by atoms with Crippen molar-refractivity contribution in [2.24, 2.45) is 5.92 Å². The number of aryl methyl sites for hydroxylation is 1. The number of nitrogens with zero attached hydrogens (tertiary/aromatic N) is 3. The van der Waals surface area contributed by atoms with E-state index >= 15 is 0 Å². The van der Waals surface area contributed by atoms with Crippen LogP contribution in [0.2, 0.25) is 0 Å². The summed E-state index contributed by atoms with van der Waals surface area (Å²) >= 11 is 0. The summed E-state index contributed by atoms with van der Waals surface area (Å²) in [6, 6.07) is 16.9. The fraction of sp³-hybridized carbons (Fsp3) is 0.440. The van der Waals surface area contributed by atoms with Crippen LogP contribution >= 0.6 is 0 Å². The second-order valence-electron chi connectivity index (χ2n) is 18.1. The second kappa shape index (κ2) is 17.8. The molecule has 4 aromatic carbocycles. The Balaban J connectivity index is 1.35. The minimum Gasteiger partial charge on any atom is -0.344 e. The highest BCUT2D eigenvalue weighted by Crippen LogP contribution is 2.52. The Kier molecular flexibility index (Phi) is 13.4. The third-order valence-electron chi connectivity index (χ3n) is 12.6. The molecule has 2 heterocycles. The van der Waals surface area contributed by atoms with E-state index in [1.165, 1.54) is 10.4 Å². The van der Waals surface area contributed by atoms with Crippen LogP contribution in [0.4, 0.5) is 11.4 Å². The van der Waals surface area contributed by atoms with E-state index in [4.69, 9.17) is 0 Å². The Morgan fingerprint density at radius 1 is 0.820 bits per heavy atom. The molecule has 326 valence electrons. The van der Waals surface area contributed by atoms with E-state index in [-0.39, 0.29) is 28.0 Å². The van der Waals surface area contributed by atoms with Crippen molar-refractivity contribution in [2.75, 3.05) is 31.6 Å². The molecule has 0 amide bonds. The van der Waals surface area contributed by atoms with Crippen LogP contribution in [-0.2, 0) is 35.8 Å². The molecular formula is C50H64N3O6S2+. The summed E-state index contributed by atoms with van der Waals surface area (Å²) in [6.07, 6.45) is 15.4. The molecule has 6 rings (SSSR count). The van der Waals surface area contributed by atoms with Crippen molar-refractivity contribution < 1.29 is 30.8 Å². The van der Waals surface area contributed by atoms with Crippen molar-refractivity contribution in [2.45, 2.75) is 121 Å². The number of sulfonamides is 1. The first-order valence-electron chi connectivity index (χ1n) is 21.8. The summed E-state index contributed by atoms with van der Waals surface area (Å²) in [5.74, 6) is 0.0656. The second-order valence-corrected chi connectivity index (χ2v) is 21.5. The Morgan fingerprint density at radius 3 is 2.18 bits per heavy atom. The van der Waals surface area contributed by atoms with Gasteiger partial charge in [-0.2, -0.15) is 13.0 Å². The van der Waals surface area contributed by atoms with Crippen LogP contribution in [-0.4, -0.2) is 68.4 Å². The molecule has 61 heavy (non-hydrogen) atoms. The maximum absolute atomic E-state index is 14.1.